The van der Waals surface area contributed by atoms with Crippen molar-refractivity contribution in [1.29, 1.82) is 0 Å². The molecular formula is C16H18ClFO3. The van der Waals surface area contributed by atoms with Crippen LogP contribution in [0, 0.1) is 11.8 Å². The summed E-state index contributed by atoms with van der Waals surface area (Å²) in [7, 11) is 0. The van der Waals surface area contributed by atoms with E-state index in [2.05, 4.69) is 11.8 Å². The Balaban J connectivity index is 1.79. The van der Waals surface area contributed by atoms with Crippen LogP contribution in [-0.2, 0) is 9.47 Å². The van der Waals surface area contributed by atoms with Gasteiger partial charge in [0.1, 0.15) is 12.7 Å². The zero-order valence-electron chi connectivity index (χ0n) is 11.6. The van der Waals surface area contributed by atoms with Gasteiger partial charge in [-0.1, -0.05) is 35.6 Å². The third kappa shape index (κ3) is 5.29. The molecule has 3 unspecified atom stereocenters. The summed E-state index contributed by atoms with van der Waals surface area (Å²) >= 11 is 5.74. The van der Waals surface area contributed by atoms with Crippen molar-refractivity contribution in [1.82, 2.24) is 0 Å². The summed E-state index contributed by atoms with van der Waals surface area (Å²) in [5, 5.41) is 10.4. The van der Waals surface area contributed by atoms with Crippen molar-refractivity contribution in [2.45, 2.75) is 37.8 Å². The van der Waals surface area contributed by atoms with Crippen molar-refractivity contribution in [3.8, 4) is 11.8 Å². The first-order chi connectivity index (χ1) is 10.2. The molecule has 1 aliphatic rings. The van der Waals surface area contributed by atoms with E-state index >= 15 is 0 Å². The number of benzene rings is 1. The van der Waals surface area contributed by atoms with Crippen LogP contribution in [0.4, 0.5) is 4.39 Å². The van der Waals surface area contributed by atoms with Crippen LogP contribution in [0.1, 0.15) is 30.9 Å². The van der Waals surface area contributed by atoms with Gasteiger partial charge in [-0.2, -0.15) is 0 Å². The second kappa shape index (κ2) is 8.35. The van der Waals surface area contributed by atoms with Gasteiger partial charge < -0.3 is 14.6 Å². The number of alkyl halides is 1. The lowest BCUT2D eigenvalue weighted by molar-refractivity contribution is -0.154. The van der Waals surface area contributed by atoms with Crippen molar-refractivity contribution in [2.75, 3.05) is 13.2 Å². The first-order valence-electron chi connectivity index (χ1n) is 6.96. The van der Waals surface area contributed by atoms with E-state index in [-0.39, 0.29) is 12.9 Å². The molecule has 0 spiro atoms. The van der Waals surface area contributed by atoms with Gasteiger partial charge in [0.15, 0.2) is 12.5 Å². The van der Waals surface area contributed by atoms with Crippen LogP contribution in [0.15, 0.2) is 24.3 Å². The Labute approximate surface area is 129 Å². The van der Waals surface area contributed by atoms with Crippen LogP contribution < -0.4 is 0 Å². The van der Waals surface area contributed by atoms with Gasteiger partial charge in [0.05, 0.1) is 0 Å². The highest BCUT2D eigenvalue weighted by Gasteiger charge is 2.18. The molecule has 0 aromatic heterocycles. The zero-order valence-corrected chi connectivity index (χ0v) is 12.4. The maximum atomic E-state index is 13.8. The van der Waals surface area contributed by atoms with Gasteiger partial charge in [-0.15, -0.1) is 0 Å². The lowest BCUT2D eigenvalue weighted by atomic mass is 10.1. The molecule has 2 rings (SSSR count). The first-order valence-corrected chi connectivity index (χ1v) is 7.34. The number of halogens is 2. The Morgan fingerprint density at radius 2 is 2.14 bits per heavy atom. The Morgan fingerprint density at radius 3 is 2.81 bits per heavy atom. The number of hydrogen-bond donors (Lipinski definition) is 1. The second-order valence-corrected chi connectivity index (χ2v) is 5.26. The van der Waals surface area contributed by atoms with E-state index in [0.717, 1.165) is 19.3 Å². The van der Waals surface area contributed by atoms with Crippen LogP contribution in [-0.4, -0.2) is 30.8 Å². The predicted molar refractivity (Wildman–Crippen MR) is 78.6 cm³/mol. The fraction of sp³-hybridized carbons (Fsp3) is 0.500. The molecule has 21 heavy (non-hydrogen) atoms. The monoisotopic (exact) mass is 312 g/mol. The highest BCUT2D eigenvalue weighted by atomic mass is 35.5. The van der Waals surface area contributed by atoms with Crippen molar-refractivity contribution in [3.05, 3.63) is 34.9 Å². The lowest BCUT2D eigenvalue weighted by Gasteiger charge is -2.21. The van der Waals surface area contributed by atoms with Crippen LogP contribution >= 0.6 is 11.6 Å². The largest absolute Gasteiger partial charge is 0.384 e. The topological polar surface area (TPSA) is 38.7 Å². The van der Waals surface area contributed by atoms with Gasteiger partial charge >= 0.3 is 0 Å². The van der Waals surface area contributed by atoms with Gasteiger partial charge in [-0.3, -0.25) is 0 Å². The SMILES string of the molecule is OC(c1ccc(Cl)cc1)C(F)C#CCOC1CCCCO1. The fourth-order valence-corrected chi connectivity index (χ4v) is 2.15. The van der Waals surface area contributed by atoms with Gasteiger partial charge in [0.25, 0.3) is 0 Å². The summed E-state index contributed by atoms with van der Waals surface area (Å²) in [5.41, 5.74) is 0.442. The Kier molecular flexibility index (Phi) is 6.47. The van der Waals surface area contributed by atoms with Crippen LogP contribution in [0.2, 0.25) is 5.02 Å². The molecule has 5 heteroatoms. The van der Waals surface area contributed by atoms with Crippen molar-refractivity contribution < 1.29 is 19.0 Å². The molecule has 3 nitrogen and oxygen atoms in total. The van der Waals surface area contributed by atoms with Gasteiger partial charge in [-0.05, 0) is 37.0 Å². The Hall–Kier alpha value is -1.12. The highest BCUT2D eigenvalue weighted by molar-refractivity contribution is 6.30. The number of aliphatic hydroxyl groups excluding tert-OH is 1. The molecule has 0 saturated carbocycles. The summed E-state index contributed by atoms with van der Waals surface area (Å²) < 4.78 is 24.5. The van der Waals surface area contributed by atoms with E-state index in [4.69, 9.17) is 21.1 Å². The third-order valence-electron chi connectivity index (χ3n) is 3.21. The average Bonchev–Trinajstić information content (AvgIpc) is 2.52. The molecule has 1 saturated heterocycles. The third-order valence-corrected chi connectivity index (χ3v) is 3.46. The fourth-order valence-electron chi connectivity index (χ4n) is 2.02. The lowest BCUT2D eigenvalue weighted by Crippen LogP contribution is -2.22. The van der Waals surface area contributed by atoms with E-state index in [1.165, 1.54) is 0 Å². The minimum absolute atomic E-state index is 0.0957. The molecule has 114 valence electrons. The zero-order chi connectivity index (χ0) is 15.1. The van der Waals surface area contributed by atoms with Crippen LogP contribution in [0.3, 0.4) is 0 Å². The van der Waals surface area contributed by atoms with Crippen molar-refractivity contribution in [2.24, 2.45) is 0 Å². The van der Waals surface area contributed by atoms with E-state index < -0.39 is 12.3 Å². The number of aliphatic hydroxyl groups is 1. The number of hydrogen-bond acceptors (Lipinski definition) is 3. The molecular weight excluding hydrogens is 295 g/mol. The van der Waals surface area contributed by atoms with Gasteiger partial charge in [0.2, 0.25) is 0 Å². The van der Waals surface area contributed by atoms with E-state index in [9.17, 15) is 9.50 Å². The maximum Gasteiger partial charge on any atom is 0.190 e. The number of ether oxygens (including phenoxy) is 2. The normalized spacial score (nSPS) is 21.2. The molecule has 3 atom stereocenters. The molecule has 0 radical (unpaired) electrons. The Morgan fingerprint density at radius 1 is 1.38 bits per heavy atom. The summed E-state index contributed by atoms with van der Waals surface area (Å²) in [6.07, 6.45) is -0.242. The number of rotatable bonds is 4. The molecule has 1 heterocycles. The molecule has 1 aromatic rings. The summed E-state index contributed by atoms with van der Waals surface area (Å²) in [4.78, 5) is 0. The quantitative estimate of drug-likeness (QED) is 0.867. The summed E-state index contributed by atoms with van der Waals surface area (Å²) in [6, 6.07) is 6.36. The second-order valence-electron chi connectivity index (χ2n) is 4.83. The van der Waals surface area contributed by atoms with E-state index in [1.54, 1.807) is 24.3 Å². The maximum absolute atomic E-state index is 13.8. The minimum atomic E-state index is -1.66. The van der Waals surface area contributed by atoms with Crippen LogP contribution in [0.25, 0.3) is 0 Å². The predicted octanol–water partition coefficient (Wildman–Crippen LogP) is 3.26. The van der Waals surface area contributed by atoms with Crippen molar-refractivity contribution >= 4 is 11.6 Å². The highest BCUT2D eigenvalue weighted by Crippen LogP contribution is 2.21. The smallest absolute Gasteiger partial charge is 0.190 e. The minimum Gasteiger partial charge on any atom is -0.384 e. The first kappa shape index (κ1) is 16.3. The standard InChI is InChI=1S/C16H18ClFO3/c17-13-8-6-12(7-9-13)16(19)14(18)4-3-11-21-15-5-1-2-10-20-15/h6-9,14-16,19H,1-2,5,10-11H2. The molecule has 1 N–H and O–H groups in total. The molecule has 1 fully saturated rings. The van der Waals surface area contributed by atoms with Crippen molar-refractivity contribution in [3.63, 3.8) is 0 Å². The molecule has 0 bridgehead atoms. The molecule has 0 aliphatic carbocycles. The summed E-state index contributed by atoms with van der Waals surface area (Å²) in [6.45, 7) is 0.789. The van der Waals surface area contributed by atoms with E-state index in [1.807, 2.05) is 0 Å². The summed E-state index contributed by atoms with van der Waals surface area (Å²) in [5.74, 6) is 4.94. The van der Waals surface area contributed by atoms with Gasteiger partial charge in [0, 0.05) is 11.6 Å². The Bertz CT molecular complexity index is 488. The average molecular weight is 313 g/mol. The van der Waals surface area contributed by atoms with Gasteiger partial charge in [-0.25, -0.2) is 4.39 Å². The van der Waals surface area contributed by atoms with E-state index in [0.29, 0.717) is 17.2 Å². The molecule has 1 aromatic carbocycles. The molecule has 0 amide bonds. The molecule has 1 aliphatic heterocycles. The van der Waals surface area contributed by atoms with Crippen LogP contribution in [0.5, 0.6) is 0 Å².